The highest BCUT2D eigenvalue weighted by Gasteiger charge is 2.25. The highest BCUT2D eigenvalue weighted by Crippen LogP contribution is 2.17. The van der Waals surface area contributed by atoms with E-state index >= 15 is 0 Å². The molecule has 2 rings (SSSR count). The molecule has 0 spiro atoms. The van der Waals surface area contributed by atoms with E-state index in [4.69, 9.17) is 0 Å². The molecule has 2 aromatic rings. The number of carbonyl (C=O) groups is 2. The molecule has 2 amide bonds. The van der Waals surface area contributed by atoms with Crippen LogP contribution in [-0.4, -0.2) is 26.8 Å². The Morgan fingerprint density at radius 3 is 2.27 bits per heavy atom. The molecule has 0 bridgehead atoms. The molecule has 0 aliphatic rings. The lowest BCUT2D eigenvalue weighted by Gasteiger charge is -2.13. The predicted octanol–water partition coefficient (Wildman–Crippen LogP) is 2.56. The summed E-state index contributed by atoms with van der Waals surface area (Å²) >= 11 is 0. The lowest BCUT2D eigenvalue weighted by Crippen LogP contribution is -2.33. The van der Waals surface area contributed by atoms with Gasteiger partial charge in [-0.15, -0.1) is 0 Å². The van der Waals surface area contributed by atoms with Crippen LogP contribution in [0.5, 0.6) is 0 Å². The third kappa shape index (κ3) is 4.29. The van der Waals surface area contributed by atoms with Gasteiger partial charge in [0.2, 0.25) is 0 Å². The van der Waals surface area contributed by atoms with Gasteiger partial charge in [-0.05, 0) is 49.6 Å². The molecular formula is C19H22N2O4S. The highest BCUT2D eigenvalue weighted by molar-refractivity contribution is 7.90. The number of benzene rings is 2. The second-order valence-corrected chi connectivity index (χ2v) is 7.58. The summed E-state index contributed by atoms with van der Waals surface area (Å²) in [5.74, 6) is -1.22. The number of carbonyl (C=O) groups excluding carboxylic acids is 2. The Morgan fingerprint density at radius 1 is 0.923 bits per heavy atom. The van der Waals surface area contributed by atoms with Gasteiger partial charge in [-0.1, -0.05) is 31.2 Å². The summed E-state index contributed by atoms with van der Waals surface area (Å²) in [4.78, 5) is 24.5. The minimum Gasteiger partial charge on any atom is -0.352 e. The van der Waals surface area contributed by atoms with E-state index in [0.29, 0.717) is 12.1 Å². The normalized spacial score (nSPS) is 11.0. The number of sulfonamides is 1. The van der Waals surface area contributed by atoms with Gasteiger partial charge in [0.1, 0.15) is 4.90 Å². The lowest BCUT2D eigenvalue weighted by molar-refractivity contribution is 0.0946. The summed E-state index contributed by atoms with van der Waals surface area (Å²) in [5, 5.41) is 2.65. The largest absolute Gasteiger partial charge is 0.352 e. The van der Waals surface area contributed by atoms with Crippen molar-refractivity contribution in [3.8, 4) is 0 Å². The van der Waals surface area contributed by atoms with E-state index in [9.17, 15) is 18.0 Å². The molecule has 0 atom stereocenters. The van der Waals surface area contributed by atoms with Gasteiger partial charge in [0.15, 0.2) is 0 Å². The van der Waals surface area contributed by atoms with Crippen LogP contribution in [0.3, 0.4) is 0 Å². The molecule has 0 radical (unpaired) electrons. The zero-order valence-corrected chi connectivity index (χ0v) is 15.8. The van der Waals surface area contributed by atoms with Crippen molar-refractivity contribution in [1.82, 2.24) is 10.0 Å². The molecule has 26 heavy (non-hydrogen) atoms. The minimum atomic E-state index is -4.20. The van der Waals surface area contributed by atoms with Crippen molar-refractivity contribution in [2.75, 3.05) is 6.54 Å². The maximum atomic E-state index is 12.7. The van der Waals surface area contributed by atoms with Crippen LogP contribution in [0.2, 0.25) is 0 Å². The molecular weight excluding hydrogens is 352 g/mol. The fourth-order valence-corrected chi connectivity index (χ4v) is 3.62. The van der Waals surface area contributed by atoms with Crippen molar-refractivity contribution in [1.29, 1.82) is 0 Å². The average Bonchev–Trinajstić information content (AvgIpc) is 2.61. The Kier molecular flexibility index (Phi) is 6.15. The first-order valence-electron chi connectivity index (χ1n) is 8.28. The molecule has 0 aromatic heterocycles. The Bertz CT molecular complexity index is 936. The Morgan fingerprint density at radius 2 is 1.58 bits per heavy atom. The van der Waals surface area contributed by atoms with E-state index in [1.807, 2.05) is 19.9 Å². The molecule has 0 aliphatic heterocycles. The quantitative estimate of drug-likeness (QED) is 0.813. The first-order chi connectivity index (χ1) is 12.3. The highest BCUT2D eigenvalue weighted by atomic mass is 32.2. The standard InChI is InChI=1S/C19H22N2O4S/c1-4-12-20-18(22)16-9-5-6-11-17(16)26(24,25)21-19(23)15-10-7-8-13(2)14(15)3/h5-11H,4,12H2,1-3H3,(H,20,22)(H,21,23). The summed E-state index contributed by atoms with van der Waals surface area (Å²) in [6, 6.07) is 10.9. The number of hydrogen-bond acceptors (Lipinski definition) is 4. The zero-order chi connectivity index (χ0) is 19.3. The van der Waals surface area contributed by atoms with Crippen LogP contribution < -0.4 is 10.0 Å². The van der Waals surface area contributed by atoms with Crippen LogP contribution in [0.4, 0.5) is 0 Å². The first-order valence-corrected chi connectivity index (χ1v) is 9.77. The Hall–Kier alpha value is -2.67. The minimum absolute atomic E-state index is 0.00205. The van der Waals surface area contributed by atoms with E-state index in [-0.39, 0.29) is 16.0 Å². The second kappa shape index (κ2) is 8.14. The van der Waals surface area contributed by atoms with E-state index in [1.54, 1.807) is 25.1 Å². The maximum Gasteiger partial charge on any atom is 0.265 e. The monoisotopic (exact) mass is 374 g/mol. The Labute approximate surface area is 153 Å². The predicted molar refractivity (Wildman–Crippen MR) is 99.6 cm³/mol. The molecule has 2 aromatic carbocycles. The van der Waals surface area contributed by atoms with Crippen molar-refractivity contribution in [2.45, 2.75) is 32.1 Å². The van der Waals surface area contributed by atoms with Crippen LogP contribution in [0.1, 0.15) is 45.2 Å². The maximum absolute atomic E-state index is 12.7. The third-order valence-electron chi connectivity index (χ3n) is 4.03. The van der Waals surface area contributed by atoms with Gasteiger partial charge in [-0.2, -0.15) is 0 Å². The fraction of sp³-hybridized carbons (Fsp3) is 0.263. The van der Waals surface area contributed by atoms with Crippen LogP contribution in [0.25, 0.3) is 0 Å². The second-order valence-electron chi connectivity index (χ2n) is 5.93. The molecule has 0 saturated carbocycles. The van der Waals surface area contributed by atoms with Crippen molar-refractivity contribution in [3.63, 3.8) is 0 Å². The molecule has 0 fully saturated rings. The zero-order valence-electron chi connectivity index (χ0n) is 15.0. The first kappa shape index (κ1) is 19.7. The van der Waals surface area contributed by atoms with Gasteiger partial charge < -0.3 is 5.32 Å². The van der Waals surface area contributed by atoms with E-state index < -0.39 is 21.8 Å². The van der Waals surface area contributed by atoms with Gasteiger partial charge in [0, 0.05) is 12.1 Å². The molecule has 7 heteroatoms. The molecule has 0 unspecified atom stereocenters. The van der Waals surface area contributed by atoms with Crippen molar-refractivity contribution in [2.24, 2.45) is 0 Å². The van der Waals surface area contributed by atoms with Gasteiger partial charge in [-0.3, -0.25) is 9.59 Å². The van der Waals surface area contributed by atoms with Crippen LogP contribution in [0, 0.1) is 13.8 Å². The molecule has 0 heterocycles. The smallest absolute Gasteiger partial charge is 0.265 e. The van der Waals surface area contributed by atoms with E-state index in [0.717, 1.165) is 12.0 Å². The van der Waals surface area contributed by atoms with Crippen molar-refractivity contribution >= 4 is 21.8 Å². The number of rotatable bonds is 6. The van der Waals surface area contributed by atoms with Crippen LogP contribution in [-0.2, 0) is 10.0 Å². The number of nitrogens with one attached hydrogen (secondary N) is 2. The molecule has 6 nitrogen and oxygen atoms in total. The van der Waals surface area contributed by atoms with E-state index in [1.165, 1.54) is 18.2 Å². The number of aryl methyl sites for hydroxylation is 1. The topological polar surface area (TPSA) is 92.3 Å². The summed E-state index contributed by atoms with van der Waals surface area (Å²) in [6.45, 7) is 5.92. The van der Waals surface area contributed by atoms with Gasteiger partial charge in [0.25, 0.3) is 21.8 Å². The summed E-state index contributed by atoms with van der Waals surface area (Å²) in [6.07, 6.45) is 0.726. The molecule has 0 saturated heterocycles. The van der Waals surface area contributed by atoms with E-state index in [2.05, 4.69) is 10.0 Å². The summed E-state index contributed by atoms with van der Waals surface area (Å²) in [5.41, 5.74) is 1.87. The van der Waals surface area contributed by atoms with Crippen LogP contribution in [0.15, 0.2) is 47.4 Å². The SMILES string of the molecule is CCCNC(=O)c1ccccc1S(=O)(=O)NC(=O)c1cccc(C)c1C. The van der Waals surface area contributed by atoms with Gasteiger partial charge in [-0.25, -0.2) is 13.1 Å². The Balaban J connectivity index is 2.35. The summed E-state index contributed by atoms with van der Waals surface area (Å²) in [7, 11) is -4.20. The van der Waals surface area contributed by atoms with Crippen molar-refractivity contribution in [3.05, 3.63) is 64.7 Å². The molecule has 138 valence electrons. The number of amides is 2. The molecule has 2 N–H and O–H groups in total. The average molecular weight is 374 g/mol. The van der Waals surface area contributed by atoms with Gasteiger partial charge >= 0.3 is 0 Å². The van der Waals surface area contributed by atoms with Gasteiger partial charge in [0.05, 0.1) is 5.56 Å². The lowest BCUT2D eigenvalue weighted by atomic mass is 10.0. The molecule has 0 aliphatic carbocycles. The van der Waals surface area contributed by atoms with Crippen molar-refractivity contribution < 1.29 is 18.0 Å². The number of hydrogen-bond donors (Lipinski definition) is 2. The fourth-order valence-electron chi connectivity index (χ4n) is 2.45. The van der Waals surface area contributed by atoms with Crippen LogP contribution >= 0.6 is 0 Å². The summed E-state index contributed by atoms with van der Waals surface area (Å²) < 4.78 is 27.5. The third-order valence-corrected chi connectivity index (χ3v) is 5.42.